The van der Waals surface area contributed by atoms with Crippen molar-refractivity contribution in [2.24, 2.45) is 0 Å². The SMILES string of the molecule is CN(C)CCN(CC(=O)O)C(=O)c1ccc(O)c(Cl)c1. The van der Waals surface area contributed by atoms with Gasteiger partial charge in [0.15, 0.2) is 0 Å². The smallest absolute Gasteiger partial charge is 0.323 e. The number of amides is 1. The first-order chi connectivity index (χ1) is 9.31. The van der Waals surface area contributed by atoms with Crippen molar-refractivity contribution in [1.29, 1.82) is 0 Å². The van der Waals surface area contributed by atoms with E-state index < -0.39 is 11.9 Å². The molecule has 0 aliphatic rings. The van der Waals surface area contributed by atoms with Crippen molar-refractivity contribution in [2.45, 2.75) is 0 Å². The average molecular weight is 301 g/mol. The van der Waals surface area contributed by atoms with Crippen LogP contribution in [0.25, 0.3) is 0 Å². The number of aliphatic carboxylic acids is 1. The maximum absolute atomic E-state index is 12.3. The quantitative estimate of drug-likeness (QED) is 0.823. The van der Waals surface area contributed by atoms with Gasteiger partial charge in [-0.05, 0) is 32.3 Å². The van der Waals surface area contributed by atoms with E-state index in [0.717, 1.165) is 0 Å². The third kappa shape index (κ3) is 4.71. The van der Waals surface area contributed by atoms with Crippen LogP contribution in [0.5, 0.6) is 5.75 Å². The lowest BCUT2D eigenvalue weighted by atomic mass is 10.2. The van der Waals surface area contributed by atoms with Crippen molar-refractivity contribution in [1.82, 2.24) is 9.80 Å². The van der Waals surface area contributed by atoms with Crippen LogP contribution in [-0.4, -0.2) is 65.6 Å². The van der Waals surface area contributed by atoms with Crippen LogP contribution in [0.4, 0.5) is 0 Å². The van der Waals surface area contributed by atoms with Crippen LogP contribution < -0.4 is 0 Å². The lowest BCUT2D eigenvalue weighted by molar-refractivity contribution is -0.137. The third-order valence-electron chi connectivity index (χ3n) is 2.63. The molecule has 2 N–H and O–H groups in total. The molecule has 1 aromatic carbocycles. The molecule has 1 rings (SSSR count). The monoisotopic (exact) mass is 300 g/mol. The number of carboxylic acids is 1. The summed E-state index contributed by atoms with van der Waals surface area (Å²) < 4.78 is 0. The lowest BCUT2D eigenvalue weighted by Crippen LogP contribution is -2.40. The topological polar surface area (TPSA) is 81.1 Å². The first-order valence-corrected chi connectivity index (χ1v) is 6.33. The van der Waals surface area contributed by atoms with Crippen LogP contribution in [-0.2, 0) is 4.79 Å². The molecule has 0 aliphatic heterocycles. The number of carbonyl (C=O) groups is 2. The Labute approximate surface area is 122 Å². The molecule has 0 fully saturated rings. The Balaban J connectivity index is 2.90. The first kappa shape index (κ1) is 16.3. The van der Waals surface area contributed by atoms with Gasteiger partial charge in [0, 0.05) is 18.7 Å². The highest BCUT2D eigenvalue weighted by molar-refractivity contribution is 6.32. The molecule has 0 unspecified atom stereocenters. The predicted molar refractivity (Wildman–Crippen MR) is 75.2 cm³/mol. The molecule has 0 aromatic heterocycles. The number of aromatic hydroxyl groups is 1. The van der Waals surface area contributed by atoms with Gasteiger partial charge < -0.3 is 20.0 Å². The van der Waals surface area contributed by atoms with Gasteiger partial charge >= 0.3 is 5.97 Å². The van der Waals surface area contributed by atoms with E-state index in [4.69, 9.17) is 16.7 Å². The van der Waals surface area contributed by atoms with Gasteiger partial charge in [-0.1, -0.05) is 11.6 Å². The maximum Gasteiger partial charge on any atom is 0.323 e. The Kier molecular flexibility index (Phi) is 5.79. The molecule has 0 saturated carbocycles. The van der Waals surface area contributed by atoms with Crippen LogP contribution >= 0.6 is 11.6 Å². The van der Waals surface area contributed by atoms with Crippen molar-refractivity contribution in [3.63, 3.8) is 0 Å². The first-order valence-electron chi connectivity index (χ1n) is 5.95. The molecular formula is C13H17ClN2O4. The largest absolute Gasteiger partial charge is 0.506 e. The van der Waals surface area contributed by atoms with Gasteiger partial charge in [-0.15, -0.1) is 0 Å². The van der Waals surface area contributed by atoms with Crippen molar-refractivity contribution in [3.8, 4) is 5.75 Å². The Morgan fingerprint density at radius 2 is 1.90 bits per heavy atom. The number of halogens is 1. The van der Waals surface area contributed by atoms with Crippen molar-refractivity contribution >= 4 is 23.5 Å². The summed E-state index contributed by atoms with van der Waals surface area (Å²) in [4.78, 5) is 26.2. The van der Waals surface area contributed by atoms with Crippen molar-refractivity contribution in [2.75, 3.05) is 33.7 Å². The summed E-state index contributed by atoms with van der Waals surface area (Å²) in [6.07, 6.45) is 0. The molecular weight excluding hydrogens is 284 g/mol. The summed E-state index contributed by atoms with van der Waals surface area (Å²) >= 11 is 5.75. The number of phenolic OH excluding ortho intramolecular Hbond substituents is 1. The van der Waals surface area contributed by atoms with Crippen LogP contribution in [0, 0.1) is 0 Å². The third-order valence-corrected chi connectivity index (χ3v) is 2.93. The molecule has 20 heavy (non-hydrogen) atoms. The number of carbonyl (C=O) groups excluding carboxylic acids is 1. The minimum Gasteiger partial charge on any atom is -0.506 e. The van der Waals surface area contributed by atoms with E-state index in [0.29, 0.717) is 6.54 Å². The van der Waals surface area contributed by atoms with E-state index in [9.17, 15) is 14.7 Å². The number of hydrogen-bond acceptors (Lipinski definition) is 4. The fourth-order valence-electron chi connectivity index (χ4n) is 1.56. The summed E-state index contributed by atoms with van der Waals surface area (Å²) in [5.41, 5.74) is 0.243. The zero-order valence-corrected chi connectivity index (χ0v) is 12.1. The minimum absolute atomic E-state index is 0.0544. The highest BCUT2D eigenvalue weighted by Crippen LogP contribution is 2.24. The summed E-state index contributed by atoms with van der Waals surface area (Å²) in [6.45, 7) is 0.451. The molecule has 6 nitrogen and oxygen atoms in total. The van der Waals surface area contributed by atoms with E-state index in [-0.39, 0.29) is 29.4 Å². The molecule has 0 bridgehead atoms. The number of likely N-dealkylation sites (N-methyl/N-ethyl adjacent to an activating group) is 1. The molecule has 110 valence electrons. The highest BCUT2D eigenvalue weighted by Gasteiger charge is 2.19. The van der Waals surface area contributed by atoms with E-state index in [1.54, 1.807) is 0 Å². The molecule has 0 spiro atoms. The number of phenols is 1. The number of carboxylic acid groups (broad SMARTS) is 1. The predicted octanol–water partition coefficient (Wildman–Crippen LogP) is 1.13. The van der Waals surface area contributed by atoms with Gasteiger partial charge in [-0.3, -0.25) is 9.59 Å². The van der Waals surface area contributed by atoms with Crippen molar-refractivity contribution < 1.29 is 19.8 Å². The van der Waals surface area contributed by atoms with Crippen LogP contribution in [0.15, 0.2) is 18.2 Å². The molecule has 1 aromatic rings. The summed E-state index contributed by atoms with van der Waals surface area (Å²) in [7, 11) is 3.67. The molecule has 0 atom stereocenters. The molecule has 0 aliphatic carbocycles. The van der Waals surface area contributed by atoms with E-state index >= 15 is 0 Å². The number of benzene rings is 1. The summed E-state index contributed by atoms with van der Waals surface area (Å²) in [6, 6.07) is 4.04. The van der Waals surface area contributed by atoms with E-state index in [1.807, 2.05) is 19.0 Å². The molecule has 1 amide bonds. The Morgan fingerprint density at radius 1 is 1.25 bits per heavy atom. The molecule has 0 saturated heterocycles. The standard InChI is InChI=1S/C13H17ClN2O4/c1-15(2)5-6-16(8-12(18)19)13(20)9-3-4-11(17)10(14)7-9/h3-4,7,17H,5-6,8H2,1-2H3,(H,18,19). The maximum atomic E-state index is 12.3. The molecule has 0 radical (unpaired) electrons. The fourth-order valence-corrected chi connectivity index (χ4v) is 1.74. The Bertz CT molecular complexity index is 505. The number of nitrogens with zero attached hydrogens (tertiary/aromatic N) is 2. The Morgan fingerprint density at radius 3 is 2.40 bits per heavy atom. The second-order valence-electron chi connectivity index (χ2n) is 4.59. The number of hydrogen-bond donors (Lipinski definition) is 2. The van der Waals surface area contributed by atoms with E-state index in [1.165, 1.54) is 23.1 Å². The van der Waals surface area contributed by atoms with Gasteiger partial charge in [0.2, 0.25) is 0 Å². The highest BCUT2D eigenvalue weighted by atomic mass is 35.5. The fraction of sp³-hybridized carbons (Fsp3) is 0.385. The van der Waals surface area contributed by atoms with Gasteiger partial charge in [0.05, 0.1) is 5.02 Å². The molecule has 0 heterocycles. The van der Waals surface area contributed by atoms with E-state index in [2.05, 4.69) is 0 Å². The van der Waals surface area contributed by atoms with Gasteiger partial charge in [0.25, 0.3) is 5.91 Å². The van der Waals surface area contributed by atoms with Crippen LogP contribution in [0.2, 0.25) is 5.02 Å². The molecule has 7 heteroatoms. The second kappa shape index (κ2) is 7.12. The van der Waals surface area contributed by atoms with Crippen LogP contribution in [0.3, 0.4) is 0 Å². The zero-order valence-electron chi connectivity index (χ0n) is 11.3. The van der Waals surface area contributed by atoms with Gasteiger partial charge in [-0.25, -0.2) is 0 Å². The number of rotatable bonds is 6. The minimum atomic E-state index is -1.08. The Hall–Kier alpha value is -1.79. The second-order valence-corrected chi connectivity index (χ2v) is 5.00. The lowest BCUT2D eigenvalue weighted by Gasteiger charge is -2.22. The van der Waals surface area contributed by atoms with Crippen molar-refractivity contribution in [3.05, 3.63) is 28.8 Å². The van der Waals surface area contributed by atoms with Gasteiger partial charge in [-0.2, -0.15) is 0 Å². The average Bonchev–Trinajstić information content (AvgIpc) is 2.36. The normalized spacial score (nSPS) is 10.6. The van der Waals surface area contributed by atoms with Crippen LogP contribution in [0.1, 0.15) is 10.4 Å². The summed E-state index contributed by atoms with van der Waals surface area (Å²) in [5.74, 6) is -1.64. The summed E-state index contributed by atoms with van der Waals surface area (Å²) in [5, 5.41) is 18.3. The van der Waals surface area contributed by atoms with Gasteiger partial charge in [0.1, 0.15) is 12.3 Å². The zero-order chi connectivity index (χ0) is 15.3.